The molecule has 0 spiro atoms. The number of carbonyl (C=O) groups is 2. The van der Waals surface area contributed by atoms with Crippen molar-refractivity contribution in [1.82, 2.24) is 0 Å². The van der Waals surface area contributed by atoms with E-state index in [4.69, 9.17) is 21.1 Å². The molecule has 6 heteroatoms. The molecular formula is C18H14ClNO4. The van der Waals surface area contributed by atoms with Gasteiger partial charge in [-0.15, -0.1) is 0 Å². The second kappa shape index (κ2) is 6.37. The average Bonchev–Trinajstić information content (AvgIpc) is 2.79. The van der Waals surface area contributed by atoms with Crippen LogP contribution in [0.2, 0.25) is 0 Å². The highest BCUT2D eigenvalue weighted by Gasteiger charge is 2.40. The van der Waals surface area contributed by atoms with E-state index in [9.17, 15) is 9.59 Å². The molecule has 5 nitrogen and oxygen atoms in total. The lowest BCUT2D eigenvalue weighted by Gasteiger charge is -2.15. The number of nitrogens with zero attached hydrogens (tertiary/aromatic N) is 1. The number of amides is 2. The molecule has 0 saturated carbocycles. The molecule has 2 amide bonds. The van der Waals surface area contributed by atoms with Crippen LogP contribution in [0.25, 0.3) is 0 Å². The van der Waals surface area contributed by atoms with Crippen molar-refractivity contribution in [3.63, 3.8) is 0 Å². The van der Waals surface area contributed by atoms with E-state index >= 15 is 0 Å². The summed E-state index contributed by atoms with van der Waals surface area (Å²) in [5.74, 6) is -0.330. The zero-order chi connectivity index (χ0) is 17.3. The fourth-order valence-electron chi connectivity index (χ4n) is 2.33. The van der Waals surface area contributed by atoms with E-state index in [1.807, 2.05) is 13.0 Å². The Balaban J connectivity index is 1.89. The van der Waals surface area contributed by atoms with E-state index < -0.39 is 11.8 Å². The summed E-state index contributed by atoms with van der Waals surface area (Å²) in [5.41, 5.74) is 1.36. The van der Waals surface area contributed by atoms with E-state index in [1.165, 1.54) is 7.11 Å². The van der Waals surface area contributed by atoms with Gasteiger partial charge in [-0.2, -0.15) is 0 Å². The Kier molecular flexibility index (Phi) is 4.27. The Morgan fingerprint density at radius 2 is 1.67 bits per heavy atom. The van der Waals surface area contributed by atoms with Crippen molar-refractivity contribution >= 4 is 29.1 Å². The fourth-order valence-corrected chi connectivity index (χ4v) is 2.54. The molecule has 0 N–H and O–H groups in total. The van der Waals surface area contributed by atoms with Crippen LogP contribution >= 0.6 is 11.6 Å². The van der Waals surface area contributed by atoms with E-state index in [2.05, 4.69) is 0 Å². The first-order valence-corrected chi connectivity index (χ1v) is 7.56. The number of imide groups is 1. The zero-order valence-corrected chi connectivity index (χ0v) is 13.8. The number of aryl methyl sites for hydroxylation is 1. The Morgan fingerprint density at radius 1 is 0.958 bits per heavy atom. The van der Waals surface area contributed by atoms with Gasteiger partial charge in [-0.05, 0) is 48.9 Å². The molecule has 0 bridgehead atoms. The summed E-state index contributed by atoms with van der Waals surface area (Å²) in [6.07, 6.45) is 0. The van der Waals surface area contributed by atoms with Gasteiger partial charge in [0, 0.05) is 0 Å². The number of ether oxygens (including phenoxy) is 2. The first kappa shape index (κ1) is 16.1. The van der Waals surface area contributed by atoms with Crippen molar-refractivity contribution in [2.45, 2.75) is 6.92 Å². The number of halogens is 1. The van der Waals surface area contributed by atoms with Gasteiger partial charge in [0.2, 0.25) is 5.76 Å². The maximum atomic E-state index is 12.6. The van der Waals surface area contributed by atoms with E-state index in [1.54, 1.807) is 42.5 Å². The molecule has 3 rings (SSSR count). The van der Waals surface area contributed by atoms with Crippen molar-refractivity contribution in [1.29, 1.82) is 0 Å². The minimum atomic E-state index is -0.616. The molecule has 0 aromatic heterocycles. The van der Waals surface area contributed by atoms with Crippen molar-refractivity contribution in [3.8, 4) is 11.5 Å². The van der Waals surface area contributed by atoms with Gasteiger partial charge in [0.15, 0.2) is 5.03 Å². The highest BCUT2D eigenvalue weighted by Crippen LogP contribution is 2.31. The molecule has 24 heavy (non-hydrogen) atoms. The summed E-state index contributed by atoms with van der Waals surface area (Å²) in [6.45, 7) is 1.90. The Bertz CT molecular complexity index is 842. The molecule has 0 saturated heterocycles. The van der Waals surface area contributed by atoms with Crippen molar-refractivity contribution < 1.29 is 19.1 Å². The number of methoxy groups -OCH3 is 1. The molecular weight excluding hydrogens is 330 g/mol. The molecule has 0 atom stereocenters. The number of benzene rings is 2. The van der Waals surface area contributed by atoms with E-state index in [0.717, 1.165) is 10.5 Å². The maximum Gasteiger partial charge on any atom is 0.302 e. The molecule has 0 fully saturated rings. The molecule has 2 aromatic carbocycles. The van der Waals surface area contributed by atoms with Crippen LogP contribution in [0.5, 0.6) is 11.5 Å². The second-order valence-corrected chi connectivity index (χ2v) is 5.58. The van der Waals surface area contributed by atoms with Gasteiger partial charge in [-0.25, -0.2) is 4.90 Å². The van der Waals surface area contributed by atoms with Crippen molar-refractivity contribution in [2.75, 3.05) is 12.0 Å². The minimum absolute atomic E-state index is 0.178. The van der Waals surface area contributed by atoms with Gasteiger partial charge in [0.05, 0.1) is 12.8 Å². The minimum Gasteiger partial charge on any atom is -0.497 e. The van der Waals surface area contributed by atoms with E-state index in [-0.39, 0.29) is 10.8 Å². The lowest BCUT2D eigenvalue weighted by atomic mass is 10.2. The molecule has 1 heterocycles. The predicted octanol–water partition coefficient (Wildman–Crippen LogP) is 3.41. The standard InChI is InChI=1S/C18H14ClNO4/c1-11-4-3-5-14(10-11)24-16-15(19)17(21)20(18(16)22)12-6-8-13(23-2)9-7-12/h3-10H,1-2H3. The fraction of sp³-hybridized carbons (Fsp3) is 0.111. The second-order valence-electron chi connectivity index (χ2n) is 5.21. The summed E-state index contributed by atoms with van der Waals surface area (Å²) in [6, 6.07) is 13.7. The molecule has 0 unspecified atom stereocenters. The third-order valence-corrected chi connectivity index (χ3v) is 3.86. The normalized spacial score (nSPS) is 14.4. The van der Waals surface area contributed by atoms with Crippen LogP contribution < -0.4 is 14.4 Å². The molecule has 1 aliphatic heterocycles. The highest BCUT2D eigenvalue weighted by molar-refractivity contribution is 6.52. The lowest BCUT2D eigenvalue weighted by Crippen LogP contribution is -2.31. The number of hydrogen-bond acceptors (Lipinski definition) is 4. The van der Waals surface area contributed by atoms with Gasteiger partial charge >= 0.3 is 5.91 Å². The van der Waals surface area contributed by atoms with Gasteiger partial charge in [0.1, 0.15) is 11.5 Å². The first-order chi connectivity index (χ1) is 11.5. The van der Waals surface area contributed by atoms with Crippen LogP contribution in [-0.2, 0) is 9.59 Å². The smallest absolute Gasteiger partial charge is 0.302 e. The summed E-state index contributed by atoms with van der Waals surface area (Å²) < 4.78 is 10.6. The van der Waals surface area contributed by atoms with Gasteiger partial charge < -0.3 is 9.47 Å². The number of carbonyl (C=O) groups excluding carboxylic acids is 2. The van der Waals surface area contributed by atoms with Crippen LogP contribution in [0.4, 0.5) is 5.69 Å². The highest BCUT2D eigenvalue weighted by atomic mass is 35.5. The van der Waals surface area contributed by atoms with Crippen LogP contribution in [-0.4, -0.2) is 18.9 Å². The SMILES string of the molecule is COc1ccc(N2C(=O)C(Cl)=C(Oc3cccc(C)c3)C2=O)cc1. The van der Waals surface area contributed by atoms with Crippen molar-refractivity contribution in [2.24, 2.45) is 0 Å². The summed E-state index contributed by atoms with van der Waals surface area (Å²) in [4.78, 5) is 25.9. The molecule has 122 valence electrons. The third-order valence-electron chi connectivity index (χ3n) is 3.53. The van der Waals surface area contributed by atoms with Gasteiger partial charge in [-0.1, -0.05) is 23.7 Å². The number of anilines is 1. The first-order valence-electron chi connectivity index (χ1n) is 7.18. The maximum absolute atomic E-state index is 12.6. The summed E-state index contributed by atoms with van der Waals surface area (Å²) in [7, 11) is 1.54. The predicted molar refractivity (Wildman–Crippen MR) is 90.2 cm³/mol. The summed E-state index contributed by atoms with van der Waals surface area (Å²) >= 11 is 6.03. The molecule has 0 aliphatic carbocycles. The number of hydrogen-bond donors (Lipinski definition) is 0. The topological polar surface area (TPSA) is 55.8 Å². The molecule has 0 radical (unpaired) electrons. The largest absolute Gasteiger partial charge is 0.497 e. The monoisotopic (exact) mass is 343 g/mol. The van der Waals surface area contributed by atoms with Gasteiger partial charge in [0.25, 0.3) is 5.91 Å². The Hall–Kier alpha value is -2.79. The van der Waals surface area contributed by atoms with Crippen LogP contribution in [0.3, 0.4) is 0 Å². The van der Waals surface area contributed by atoms with Crippen LogP contribution in [0.15, 0.2) is 59.3 Å². The van der Waals surface area contributed by atoms with Crippen LogP contribution in [0, 0.1) is 6.92 Å². The molecule has 2 aromatic rings. The Labute approximate surface area is 144 Å². The number of rotatable bonds is 4. The van der Waals surface area contributed by atoms with E-state index in [0.29, 0.717) is 17.2 Å². The quantitative estimate of drug-likeness (QED) is 0.798. The lowest BCUT2D eigenvalue weighted by molar-refractivity contribution is -0.121. The van der Waals surface area contributed by atoms with Crippen molar-refractivity contribution in [3.05, 3.63) is 64.9 Å². The van der Waals surface area contributed by atoms with Crippen LogP contribution in [0.1, 0.15) is 5.56 Å². The van der Waals surface area contributed by atoms with Gasteiger partial charge in [-0.3, -0.25) is 9.59 Å². The summed E-state index contributed by atoms with van der Waals surface area (Å²) in [5, 5.41) is -0.239. The Morgan fingerprint density at radius 3 is 2.29 bits per heavy atom. The zero-order valence-electron chi connectivity index (χ0n) is 13.1. The molecule has 1 aliphatic rings. The average molecular weight is 344 g/mol. The third kappa shape index (κ3) is 2.86.